The molecule has 36 heavy (non-hydrogen) atoms. The molecule has 1 aromatic rings. The molecule has 0 aromatic heterocycles. The van der Waals surface area contributed by atoms with E-state index in [1.807, 2.05) is 36.1 Å². The Kier molecular flexibility index (Phi) is 9.14. The second-order valence-corrected chi connectivity index (χ2v) is 10.9. The number of rotatable bonds is 5. The first kappa shape index (κ1) is 26.8. The van der Waals surface area contributed by atoms with Crippen molar-refractivity contribution in [1.29, 1.82) is 0 Å². The topological polar surface area (TPSA) is 77.1 Å². The highest BCUT2D eigenvalue weighted by atomic mass is 32.2. The summed E-state index contributed by atoms with van der Waals surface area (Å²) in [5.74, 6) is 0.300. The highest BCUT2D eigenvalue weighted by molar-refractivity contribution is 8.13. The van der Waals surface area contributed by atoms with Gasteiger partial charge in [0.1, 0.15) is 5.75 Å². The number of nitrogens with zero attached hydrogens (tertiary/aromatic N) is 1. The van der Waals surface area contributed by atoms with Crippen molar-refractivity contribution >= 4 is 22.9 Å². The molecule has 2 saturated heterocycles. The molecule has 0 saturated carbocycles. The zero-order chi connectivity index (χ0) is 25.5. The van der Waals surface area contributed by atoms with Gasteiger partial charge in [0.05, 0.1) is 19.3 Å². The lowest BCUT2D eigenvalue weighted by Gasteiger charge is -2.48. The van der Waals surface area contributed by atoms with Crippen LogP contribution in [0, 0.1) is 0 Å². The number of thioether (sulfide) groups is 1. The molecule has 3 unspecified atom stereocenters. The summed E-state index contributed by atoms with van der Waals surface area (Å²) in [4.78, 5) is 27.7. The van der Waals surface area contributed by atoms with Crippen LogP contribution in [0.2, 0.25) is 0 Å². The summed E-state index contributed by atoms with van der Waals surface area (Å²) in [6.07, 6.45) is 12.0. The van der Waals surface area contributed by atoms with Crippen LogP contribution in [0.1, 0.15) is 57.4 Å². The molecule has 196 valence electrons. The van der Waals surface area contributed by atoms with E-state index in [0.29, 0.717) is 18.7 Å². The van der Waals surface area contributed by atoms with Crippen molar-refractivity contribution in [3.8, 4) is 5.75 Å². The third kappa shape index (κ3) is 6.52. The molecule has 0 radical (unpaired) electrons. The van der Waals surface area contributed by atoms with Gasteiger partial charge in [0, 0.05) is 37.9 Å². The first-order valence-corrected chi connectivity index (χ1v) is 13.8. The first-order valence-electron chi connectivity index (χ1n) is 12.8. The molecule has 3 heterocycles. The quantitative estimate of drug-likeness (QED) is 0.544. The van der Waals surface area contributed by atoms with Crippen molar-refractivity contribution in [3.05, 3.63) is 53.6 Å². The third-order valence-corrected chi connectivity index (χ3v) is 8.24. The van der Waals surface area contributed by atoms with Crippen LogP contribution in [0.3, 0.4) is 0 Å². The molecule has 7 nitrogen and oxygen atoms in total. The number of methoxy groups -OCH3 is 2. The maximum absolute atomic E-state index is 13.0. The van der Waals surface area contributed by atoms with Gasteiger partial charge in [-0.3, -0.25) is 9.59 Å². The number of nitrogens with one attached hydrogen (secondary N) is 1. The van der Waals surface area contributed by atoms with Crippen LogP contribution in [0.25, 0.3) is 0 Å². The first-order chi connectivity index (χ1) is 17.4. The van der Waals surface area contributed by atoms with Gasteiger partial charge in [-0.05, 0) is 63.1 Å². The van der Waals surface area contributed by atoms with E-state index in [4.69, 9.17) is 14.2 Å². The summed E-state index contributed by atoms with van der Waals surface area (Å²) >= 11 is 1.30. The molecular formula is C28H38N2O5S. The van der Waals surface area contributed by atoms with Gasteiger partial charge in [0.25, 0.3) is 5.24 Å². The number of carbonyl (C=O) groups is 2. The Morgan fingerprint density at radius 3 is 2.69 bits per heavy atom. The predicted octanol–water partition coefficient (Wildman–Crippen LogP) is 5.21. The molecule has 4 atom stereocenters. The molecule has 1 N–H and O–H groups in total. The second kappa shape index (κ2) is 12.3. The SMILES string of the molecule is COc1ccc(CN2C(=O)SC[C@H]2C2(OC)CC3CC(CCC/C=C\CC/C(C)=C/C(=O)N3)O2)cc1. The summed E-state index contributed by atoms with van der Waals surface area (Å²) in [6.45, 7) is 2.47. The van der Waals surface area contributed by atoms with Crippen molar-refractivity contribution in [3.63, 3.8) is 0 Å². The van der Waals surface area contributed by atoms with Crippen molar-refractivity contribution < 1.29 is 23.8 Å². The number of ether oxygens (including phenoxy) is 3. The summed E-state index contributed by atoms with van der Waals surface area (Å²) in [7, 11) is 3.30. The summed E-state index contributed by atoms with van der Waals surface area (Å²) in [6, 6.07) is 7.41. The maximum atomic E-state index is 13.0. The van der Waals surface area contributed by atoms with E-state index >= 15 is 0 Å². The van der Waals surface area contributed by atoms with Crippen LogP contribution in [0.5, 0.6) is 5.75 Å². The van der Waals surface area contributed by atoms with Gasteiger partial charge in [-0.25, -0.2) is 0 Å². The zero-order valence-electron chi connectivity index (χ0n) is 21.5. The fourth-order valence-electron chi connectivity index (χ4n) is 5.36. The number of fused-ring (bicyclic) bond motifs is 2. The van der Waals surface area contributed by atoms with Gasteiger partial charge in [-0.1, -0.05) is 41.6 Å². The molecule has 0 spiro atoms. The Morgan fingerprint density at radius 2 is 1.94 bits per heavy atom. The van der Waals surface area contributed by atoms with Gasteiger partial charge >= 0.3 is 0 Å². The molecule has 0 aliphatic carbocycles. The van der Waals surface area contributed by atoms with Crippen LogP contribution in [0.15, 0.2) is 48.1 Å². The Bertz CT molecular complexity index is 979. The van der Waals surface area contributed by atoms with Crippen molar-refractivity contribution in [2.45, 2.75) is 82.4 Å². The van der Waals surface area contributed by atoms with Gasteiger partial charge in [0.2, 0.25) is 5.91 Å². The van der Waals surface area contributed by atoms with E-state index in [9.17, 15) is 9.59 Å². The average Bonchev–Trinajstić information content (AvgIpc) is 3.23. The standard InChI is InChI=1S/C28H38N2O5S/c1-20-9-7-5-4-6-8-10-24-16-22(29-26(31)15-20)17-28(34-3,35-24)25-19-36-27(32)30(25)18-21-11-13-23(33-2)14-12-21/h4-5,11-15,22,24-25H,6-10,16-19H2,1-3H3,(H,29,31)/b5-4-,20-15+/t22?,24?,25-,28?/m0/s1. The van der Waals surface area contributed by atoms with Crippen LogP contribution in [0.4, 0.5) is 4.79 Å². The van der Waals surface area contributed by atoms with E-state index in [1.54, 1.807) is 20.3 Å². The fraction of sp³-hybridized carbons (Fsp3) is 0.571. The summed E-state index contributed by atoms with van der Waals surface area (Å²) in [5.41, 5.74) is 2.08. The van der Waals surface area contributed by atoms with Crippen LogP contribution in [-0.4, -0.2) is 60.0 Å². The molecule has 4 rings (SSSR count). The number of carbonyl (C=O) groups excluding carboxylic acids is 2. The Hall–Kier alpha value is -2.29. The molecule has 2 bridgehead atoms. The molecule has 3 aliphatic heterocycles. The average molecular weight is 515 g/mol. The maximum Gasteiger partial charge on any atom is 0.282 e. The number of hydrogen-bond donors (Lipinski definition) is 1. The predicted molar refractivity (Wildman–Crippen MR) is 142 cm³/mol. The Balaban J connectivity index is 1.58. The van der Waals surface area contributed by atoms with E-state index in [0.717, 1.165) is 55.4 Å². The van der Waals surface area contributed by atoms with Crippen LogP contribution < -0.4 is 10.1 Å². The zero-order valence-corrected chi connectivity index (χ0v) is 22.4. The van der Waals surface area contributed by atoms with E-state index in [2.05, 4.69) is 17.5 Å². The summed E-state index contributed by atoms with van der Waals surface area (Å²) in [5, 5.41) is 3.23. The molecule has 2 fully saturated rings. The Labute approximate surface area is 218 Å². The molecule has 2 amide bonds. The van der Waals surface area contributed by atoms with E-state index in [-0.39, 0.29) is 29.3 Å². The molecule has 1 aromatic carbocycles. The van der Waals surface area contributed by atoms with Crippen molar-refractivity contribution in [2.24, 2.45) is 0 Å². The van der Waals surface area contributed by atoms with Gasteiger partial charge in [-0.2, -0.15) is 0 Å². The van der Waals surface area contributed by atoms with Crippen molar-refractivity contribution in [1.82, 2.24) is 10.2 Å². The lowest BCUT2D eigenvalue weighted by Crippen LogP contribution is -2.62. The fourth-order valence-corrected chi connectivity index (χ4v) is 6.45. The number of amides is 2. The normalized spacial score (nSPS) is 32.2. The van der Waals surface area contributed by atoms with Gasteiger partial charge < -0.3 is 24.4 Å². The molecule has 3 aliphatic rings. The van der Waals surface area contributed by atoms with Gasteiger partial charge in [0.15, 0.2) is 5.79 Å². The summed E-state index contributed by atoms with van der Waals surface area (Å²) < 4.78 is 18.1. The van der Waals surface area contributed by atoms with Crippen LogP contribution >= 0.6 is 11.8 Å². The highest BCUT2D eigenvalue weighted by Gasteiger charge is 2.53. The monoisotopic (exact) mass is 514 g/mol. The number of hydrogen-bond acceptors (Lipinski definition) is 6. The van der Waals surface area contributed by atoms with E-state index < -0.39 is 5.79 Å². The minimum atomic E-state index is -0.988. The largest absolute Gasteiger partial charge is 0.497 e. The molecule has 8 heteroatoms. The lowest BCUT2D eigenvalue weighted by atomic mass is 9.89. The van der Waals surface area contributed by atoms with E-state index in [1.165, 1.54) is 11.8 Å². The molecular weight excluding hydrogens is 476 g/mol. The Morgan fingerprint density at radius 1 is 1.17 bits per heavy atom. The third-order valence-electron chi connectivity index (χ3n) is 7.28. The minimum absolute atomic E-state index is 0.0180. The van der Waals surface area contributed by atoms with Crippen LogP contribution in [-0.2, 0) is 20.8 Å². The minimum Gasteiger partial charge on any atom is -0.497 e. The van der Waals surface area contributed by atoms with Crippen molar-refractivity contribution in [2.75, 3.05) is 20.0 Å². The number of allylic oxidation sites excluding steroid dienone is 3. The van der Waals surface area contributed by atoms with Gasteiger partial charge in [-0.15, -0.1) is 0 Å². The number of benzene rings is 1. The highest BCUT2D eigenvalue weighted by Crippen LogP contribution is 2.42. The second-order valence-electron chi connectivity index (χ2n) is 9.90. The lowest BCUT2D eigenvalue weighted by molar-refractivity contribution is -0.294. The smallest absolute Gasteiger partial charge is 0.282 e.